The highest BCUT2D eigenvalue weighted by Crippen LogP contribution is 1.80. The van der Waals surface area contributed by atoms with Gasteiger partial charge in [0.05, 0.1) is 6.20 Å². The van der Waals surface area contributed by atoms with Gasteiger partial charge in [-0.1, -0.05) is 0 Å². The molecule has 0 saturated heterocycles. The molecule has 1 aromatic heterocycles. The molecule has 1 heterocycles. The van der Waals surface area contributed by atoms with E-state index < -0.39 is 17.6 Å². The van der Waals surface area contributed by atoms with Gasteiger partial charge in [-0.05, 0) is 17.0 Å². The summed E-state index contributed by atoms with van der Waals surface area (Å²) in [4.78, 5) is 26.4. The Morgan fingerprint density at radius 1 is 1.77 bits per heavy atom. The standard InChI is InChI=1S/C6H7N3O4/c1-4(10)6(12)13-9-5(11)2-3-7-8-9/h2-4,10H,1H3. The molecule has 1 aromatic rings. The van der Waals surface area contributed by atoms with Crippen molar-refractivity contribution in [2.45, 2.75) is 13.0 Å². The molecule has 0 aliphatic rings. The summed E-state index contributed by atoms with van der Waals surface area (Å²) in [5, 5.41) is 15.2. The van der Waals surface area contributed by atoms with Crippen LogP contribution in [0.4, 0.5) is 0 Å². The molecule has 1 N–H and O–H groups in total. The second-order valence-electron chi connectivity index (χ2n) is 2.22. The molecule has 0 radical (unpaired) electrons. The topological polar surface area (TPSA) is 94.3 Å². The largest absolute Gasteiger partial charge is 0.382 e. The second kappa shape index (κ2) is 3.76. The molecule has 7 nitrogen and oxygen atoms in total. The van der Waals surface area contributed by atoms with E-state index in [4.69, 9.17) is 5.11 Å². The predicted octanol–water partition coefficient (Wildman–Crippen LogP) is -2.03. The normalized spacial score (nSPS) is 12.2. The molecular formula is C6H7N3O4. The van der Waals surface area contributed by atoms with Crippen molar-refractivity contribution < 1.29 is 14.7 Å². The third-order valence-corrected chi connectivity index (χ3v) is 1.12. The summed E-state index contributed by atoms with van der Waals surface area (Å²) in [6.07, 6.45) is -0.149. The molecule has 1 unspecified atom stereocenters. The molecular weight excluding hydrogens is 178 g/mol. The van der Waals surface area contributed by atoms with Crippen molar-refractivity contribution in [3.63, 3.8) is 0 Å². The van der Waals surface area contributed by atoms with Gasteiger partial charge in [-0.3, -0.25) is 4.79 Å². The fourth-order valence-electron chi connectivity index (χ4n) is 0.506. The molecule has 0 bridgehead atoms. The fraction of sp³-hybridized carbons (Fsp3) is 0.333. The van der Waals surface area contributed by atoms with Crippen molar-refractivity contribution >= 4 is 5.97 Å². The van der Waals surface area contributed by atoms with Gasteiger partial charge in [-0.25, -0.2) is 4.79 Å². The lowest BCUT2D eigenvalue weighted by atomic mass is 10.4. The van der Waals surface area contributed by atoms with E-state index in [1.807, 2.05) is 0 Å². The van der Waals surface area contributed by atoms with Crippen LogP contribution in [0.3, 0.4) is 0 Å². The SMILES string of the molecule is CC(O)C(=O)On1nnccc1=O. The molecule has 0 fully saturated rings. The van der Waals surface area contributed by atoms with Crippen molar-refractivity contribution in [2.24, 2.45) is 0 Å². The van der Waals surface area contributed by atoms with Gasteiger partial charge in [0.1, 0.15) is 0 Å². The van der Waals surface area contributed by atoms with Crippen molar-refractivity contribution in [3.05, 3.63) is 22.6 Å². The van der Waals surface area contributed by atoms with E-state index in [1.54, 1.807) is 0 Å². The van der Waals surface area contributed by atoms with Crippen LogP contribution in [-0.2, 0) is 4.79 Å². The lowest BCUT2D eigenvalue weighted by Crippen LogP contribution is -2.37. The molecule has 0 saturated carbocycles. The van der Waals surface area contributed by atoms with Crippen LogP contribution in [0.15, 0.2) is 17.1 Å². The van der Waals surface area contributed by atoms with Crippen LogP contribution in [0.2, 0.25) is 0 Å². The molecule has 13 heavy (non-hydrogen) atoms. The number of nitrogens with zero attached hydrogens (tertiary/aromatic N) is 3. The van der Waals surface area contributed by atoms with Crippen LogP contribution in [-0.4, -0.2) is 32.3 Å². The van der Waals surface area contributed by atoms with E-state index in [0.29, 0.717) is 4.85 Å². The Bertz CT molecular complexity index is 359. The minimum absolute atomic E-state index is 0.398. The van der Waals surface area contributed by atoms with E-state index in [2.05, 4.69) is 15.1 Å². The quantitative estimate of drug-likeness (QED) is 0.534. The number of hydrogen-bond acceptors (Lipinski definition) is 6. The van der Waals surface area contributed by atoms with Gasteiger partial charge in [0.15, 0.2) is 6.10 Å². The van der Waals surface area contributed by atoms with Crippen molar-refractivity contribution in [2.75, 3.05) is 0 Å². The molecule has 0 aliphatic carbocycles. The Balaban J connectivity index is 2.81. The molecule has 0 amide bonds. The van der Waals surface area contributed by atoms with E-state index in [0.717, 1.165) is 12.3 Å². The van der Waals surface area contributed by atoms with Gasteiger partial charge in [-0.15, -0.1) is 5.10 Å². The van der Waals surface area contributed by atoms with Crippen LogP contribution in [0.5, 0.6) is 0 Å². The zero-order valence-corrected chi connectivity index (χ0v) is 6.75. The maximum Gasteiger partial charge on any atom is 0.363 e. The Hall–Kier alpha value is -1.76. The zero-order chi connectivity index (χ0) is 9.84. The molecule has 70 valence electrons. The van der Waals surface area contributed by atoms with E-state index >= 15 is 0 Å². The summed E-state index contributed by atoms with van der Waals surface area (Å²) in [6, 6.07) is 1.07. The number of carbonyl (C=O) groups excluding carboxylic acids is 1. The first kappa shape index (κ1) is 9.33. The van der Waals surface area contributed by atoms with Gasteiger partial charge in [0.25, 0.3) is 0 Å². The van der Waals surface area contributed by atoms with Crippen LogP contribution >= 0.6 is 0 Å². The maximum atomic E-state index is 10.9. The Labute approximate surface area is 72.5 Å². The van der Waals surface area contributed by atoms with Crippen LogP contribution in [0.25, 0.3) is 0 Å². The number of aliphatic hydroxyl groups excluding tert-OH is 1. The van der Waals surface area contributed by atoms with Gasteiger partial charge >= 0.3 is 11.5 Å². The van der Waals surface area contributed by atoms with Gasteiger partial charge in [-0.2, -0.15) is 0 Å². The summed E-state index contributed by atoms with van der Waals surface area (Å²) >= 11 is 0. The zero-order valence-electron chi connectivity index (χ0n) is 6.75. The number of carbonyl (C=O) groups is 1. The molecule has 1 rings (SSSR count). The average Bonchev–Trinajstić information content (AvgIpc) is 2.08. The predicted molar refractivity (Wildman–Crippen MR) is 39.6 cm³/mol. The molecule has 7 heteroatoms. The molecule has 0 aliphatic heterocycles. The number of aliphatic hydroxyl groups is 1. The highest BCUT2D eigenvalue weighted by molar-refractivity contribution is 5.73. The minimum Gasteiger partial charge on any atom is -0.382 e. The number of rotatable bonds is 2. The highest BCUT2D eigenvalue weighted by Gasteiger charge is 2.12. The van der Waals surface area contributed by atoms with Crippen LogP contribution < -0.4 is 10.4 Å². The lowest BCUT2D eigenvalue weighted by molar-refractivity contribution is -0.155. The fourth-order valence-corrected chi connectivity index (χ4v) is 0.506. The van der Waals surface area contributed by atoms with Crippen molar-refractivity contribution in [1.82, 2.24) is 15.2 Å². The summed E-state index contributed by atoms with van der Waals surface area (Å²) in [7, 11) is 0. The van der Waals surface area contributed by atoms with E-state index in [-0.39, 0.29) is 0 Å². The summed E-state index contributed by atoms with van der Waals surface area (Å²) in [5.41, 5.74) is -0.635. The Kier molecular flexibility index (Phi) is 2.70. The maximum absolute atomic E-state index is 10.9. The first-order valence-corrected chi connectivity index (χ1v) is 3.42. The first-order valence-electron chi connectivity index (χ1n) is 3.42. The molecule has 0 aromatic carbocycles. The van der Waals surface area contributed by atoms with Crippen molar-refractivity contribution in [3.8, 4) is 0 Å². The monoisotopic (exact) mass is 185 g/mol. The molecule has 1 atom stereocenters. The third-order valence-electron chi connectivity index (χ3n) is 1.12. The van der Waals surface area contributed by atoms with Gasteiger partial charge in [0, 0.05) is 6.07 Å². The smallest absolute Gasteiger partial charge is 0.363 e. The summed E-state index contributed by atoms with van der Waals surface area (Å²) < 4.78 is 0. The number of aromatic nitrogens is 3. The Morgan fingerprint density at radius 2 is 2.46 bits per heavy atom. The minimum atomic E-state index is -1.31. The van der Waals surface area contributed by atoms with Gasteiger partial charge < -0.3 is 9.94 Å². The van der Waals surface area contributed by atoms with Crippen LogP contribution in [0.1, 0.15) is 6.92 Å². The average molecular weight is 185 g/mol. The van der Waals surface area contributed by atoms with E-state index in [1.165, 1.54) is 6.92 Å². The lowest BCUT2D eigenvalue weighted by Gasteiger charge is -2.03. The first-order chi connectivity index (χ1) is 6.11. The Morgan fingerprint density at radius 3 is 3.00 bits per heavy atom. The van der Waals surface area contributed by atoms with Crippen molar-refractivity contribution in [1.29, 1.82) is 0 Å². The third kappa shape index (κ3) is 2.34. The highest BCUT2D eigenvalue weighted by atomic mass is 16.7. The summed E-state index contributed by atoms with van der Waals surface area (Å²) in [5.74, 6) is -0.970. The second-order valence-corrected chi connectivity index (χ2v) is 2.22. The molecule has 0 spiro atoms. The van der Waals surface area contributed by atoms with Crippen LogP contribution in [0, 0.1) is 0 Å². The van der Waals surface area contributed by atoms with E-state index in [9.17, 15) is 9.59 Å². The summed E-state index contributed by atoms with van der Waals surface area (Å²) in [6.45, 7) is 1.21. The number of hydrogen-bond donors (Lipinski definition) is 1. The van der Waals surface area contributed by atoms with Gasteiger partial charge in [0.2, 0.25) is 0 Å².